The zero-order chi connectivity index (χ0) is 19.1. The number of nitrogens with zero attached hydrogens (tertiary/aromatic N) is 1. The van der Waals surface area contributed by atoms with Gasteiger partial charge < -0.3 is 24.1 Å². The molecule has 0 fully saturated rings. The summed E-state index contributed by atoms with van der Waals surface area (Å²) in [5.41, 5.74) is 2.62. The molecule has 1 N–H and O–H groups in total. The molecular weight excluding hydrogens is 360 g/mol. The third-order valence-corrected chi connectivity index (χ3v) is 4.92. The number of carbonyl (C=O) groups excluding carboxylic acids is 1. The molecule has 1 atom stereocenters. The topological polar surface area (TPSA) is 82.8 Å². The van der Waals surface area contributed by atoms with Crippen molar-refractivity contribution in [1.29, 1.82) is 0 Å². The lowest BCUT2D eigenvalue weighted by molar-refractivity contribution is 0.0928. The maximum Gasteiger partial charge on any atom is 0.274 e. The van der Waals surface area contributed by atoms with Crippen LogP contribution in [-0.4, -0.2) is 24.3 Å². The van der Waals surface area contributed by atoms with Crippen molar-refractivity contribution in [1.82, 2.24) is 10.5 Å². The lowest BCUT2D eigenvalue weighted by Crippen LogP contribution is -2.28. The molecule has 7 nitrogen and oxygen atoms in total. The standard InChI is InChI=1S/C21H18N2O5/c1-12(13-6-7-17-18(10-13)26-9-8-25-17)22-21(24)19-15-11-27-16-5-3-2-4-14(16)20(15)28-23-19/h2-7,10,12H,8-9,11H2,1H3,(H,22,24). The van der Waals surface area contributed by atoms with Crippen LogP contribution < -0.4 is 19.5 Å². The molecule has 2 aliphatic rings. The van der Waals surface area contributed by atoms with Gasteiger partial charge in [-0.15, -0.1) is 0 Å². The van der Waals surface area contributed by atoms with Crippen molar-refractivity contribution in [3.63, 3.8) is 0 Å². The largest absolute Gasteiger partial charge is 0.488 e. The molecule has 3 aromatic rings. The van der Waals surface area contributed by atoms with E-state index in [0.29, 0.717) is 30.3 Å². The van der Waals surface area contributed by atoms with E-state index in [1.54, 1.807) is 0 Å². The molecule has 7 heteroatoms. The predicted octanol–water partition coefficient (Wildman–Crippen LogP) is 3.50. The second kappa shape index (κ2) is 6.60. The minimum Gasteiger partial charge on any atom is -0.488 e. The first kappa shape index (κ1) is 16.7. The summed E-state index contributed by atoms with van der Waals surface area (Å²) in [6.45, 7) is 3.21. The number of benzene rings is 2. The highest BCUT2D eigenvalue weighted by atomic mass is 16.6. The number of ether oxygens (including phenoxy) is 3. The molecule has 28 heavy (non-hydrogen) atoms. The molecule has 0 saturated carbocycles. The van der Waals surface area contributed by atoms with E-state index in [1.807, 2.05) is 49.4 Å². The van der Waals surface area contributed by atoms with Crippen LogP contribution in [0.5, 0.6) is 17.2 Å². The van der Waals surface area contributed by atoms with E-state index in [0.717, 1.165) is 22.6 Å². The third kappa shape index (κ3) is 2.76. The maximum atomic E-state index is 12.8. The van der Waals surface area contributed by atoms with Crippen molar-refractivity contribution in [3.05, 3.63) is 59.3 Å². The number of carbonyl (C=O) groups is 1. The Labute approximate surface area is 161 Å². The molecule has 0 saturated heterocycles. The Balaban J connectivity index is 1.38. The fourth-order valence-corrected chi connectivity index (χ4v) is 3.44. The van der Waals surface area contributed by atoms with E-state index in [2.05, 4.69) is 10.5 Å². The van der Waals surface area contributed by atoms with E-state index in [1.165, 1.54) is 0 Å². The summed E-state index contributed by atoms with van der Waals surface area (Å²) in [5.74, 6) is 2.40. The Bertz CT molecular complexity index is 1060. The zero-order valence-electron chi connectivity index (χ0n) is 15.2. The number of hydrogen-bond acceptors (Lipinski definition) is 6. The van der Waals surface area contributed by atoms with Crippen LogP contribution >= 0.6 is 0 Å². The van der Waals surface area contributed by atoms with Gasteiger partial charge in [-0.2, -0.15) is 0 Å². The average molecular weight is 378 g/mol. The van der Waals surface area contributed by atoms with Gasteiger partial charge in [-0.3, -0.25) is 4.79 Å². The molecule has 2 aliphatic heterocycles. The summed E-state index contributed by atoms with van der Waals surface area (Å²) in [6.07, 6.45) is 0. The van der Waals surface area contributed by atoms with Crippen molar-refractivity contribution < 1.29 is 23.5 Å². The second-order valence-electron chi connectivity index (χ2n) is 6.72. The smallest absolute Gasteiger partial charge is 0.274 e. The quantitative estimate of drug-likeness (QED) is 0.751. The van der Waals surface area contributed by atoms with Crippen LogP contribution in [0.2, 0.25) is 0 Å². The van der Waals surface area contributed by atoms with Gasteiger partial charge in [0.25, 0.3) is 5.91 Å². The summed E-state index contributed by atoms with van der Waals surface area (Å²) < 4.78 is 22.4. The monoisotopic (exact) mass is 378 g/mol. The molecule has 0 bridgehead atoms. The number of aromatic nitrogens is 1. The Hall–Kier alpha value is -3.48. The fraction of sp³-hybridized carbons (Fsp3) is 0.238. The first-order chi connectivity index (χ1) is 13.7. The minimum absolute atomic E-state index is 0.243. The van der Waals surface area contributed by atoms with Crippen molar-refractivity contribution in [2.24, 2.45) is 0 Å². The van der Waals surface area contributed by atoms with Crippen LogP contribution in [0.15, 0.2) is 47.0 Å². The number of para-hydroxylation sites is 1. The van der Waals surface area contributed by atoms with E-state index < -0.39 is 0 Å². The van der Waals surface area contributed by atoms with Gasteiger partial charge in [-0.25, -0.2) is 0 Å². The molecule has 3 heterocycles. The van der Waals surface area contributed by atoms with Crippen molar-refractivity contribution in [2.45, 2.75) is 19.6 Å². The summed E-state index contributed by atoms with van der Waals surface area (Å²) >= 11 is 0. The van der Waals surface area contributed by atoms with Gasteiger partial charge in [-0.1, -0.05) is 23.4 Å². The molecule has 1 aromatic heterocycles. The lowest BCUT2D eigenvalue weighted by atomic mass is 10.0. The molecular formula is C21H18N2O5. The highest BCUT2D eigenvalue weighted by molar-refractivity contribution is 5.95. The van der Waals surface area contributed by atoms with Crippen LogP contribution in [0.3, 0.4) is 0 Å². The van der Waals surface area contributed by atoms with E-state index in [4.69, 9.17) is 18.7 Å². The number of hydrogen-bond donors (Lipinski definition) is 1. The average Bonchev–Trinajstić information content (AvgIpc) is 3.18. The first-order valence-electron chi connectivity index (χ1n) is 9.12. The molecule has 1 amide bonds. The molecule has 5 rings (SSSR count). The summed E-state index contributed by atoms with van der Waals surface area (Å²) in [6, 6.07) is 12.9. The number of nitrogens with one attached hydrogen (secondary N) is 1. The lowest BCUT2D eigenvalue weighted by Gasteiger charge is -2.21. The Morgan fingerprint density at radius 1 is 1.04 bits per heavy atom. The molecule has 1 unspecified atom stereocenters. The molecule has 0 spiro atoms. The molecule has 142 valence electrons. The molecule has 2 aromatic carbocycles. The van der Waals surface area contributed by atoms with Crippen molar-refractivity contribution >= 4 is 5.91 Å². The SMILES string of the molecule is CC(NC(=O)c1noc2c1COc1ccccc1-2)c1ccc2c(c1)OCCO2. The van der Waals surface area contributed by atoms with Crippen LogP contribution in [0.25, 0.3) is 11.3 Å². The van der Waals surface area contributed by atoms with Crippen LogP contribution in [-0.2, 0) is 6.61 Å². The summed E-state index contributed by atoms with van der Waals surface area (Å²) in [5, 5.41) is 6.97. The second-order valence-corrected chi connectivity index (χ2v) is 6.72. The minimum atomic E-state index is -0.310. The fourth-order valence-electron chi connectivity index (χ4n) is 3.44. The number of rotatable bonds is 3. The Morgan fingerprint density at radius 2 is 1.86 bits per heavy atom. The van der Waals surface area contributed by atoms with Gasteiger partial charge in [0.2, 0.25) is 0 Å². The Morgan fingerprint density at radius 3 is 2.75 bits per heavy atom. The zero-order valence-corrected chi connectivity index (χ0v) is 15.2. The van der Waals surface area contributed by atoms with Gasteiger partial charge in [0.15, 0.2) is 23.0 Å². The molecule has 0 radical (unpaired) electrons. The van der Waals surface area contributed by atoms with E-state index >= 15 is 0 Å². The van der Waals surface area contributed by atoms with Gasteiger partial charge in [0, 0.05) is 0 Å². The Kier molecular flexibility index (Phi) is 3.93. The normalized spacial score (nSPS) is 15.0. The van der Waals surface area contributed by atoms with Crippen molar-refractivity contribution in [3.8, 4) is 28.6 Å². The summed E-state index contributed by atoms with van der Waals surface area (Å²) in [4.78, 5) is 12.8. The first-order valence-corrected chi connectivity index (χ1v) is 9.12. The van der Waals surface area contributed by atoms with Gasteiger partial charge in [0.1, 0.15) is 25.6 Å². The molecule has 0 aliphatic carbocycles. The predicted molar refractivity (Wildman–Crippen MR) is 99.6 cm³/mol. The van der Waals surface area contributed by atoms with Crippen LogP contribution in [0.1, 0.15) is 34.6 Å². The number of amides is 1. The van der Waals surface area contributed by atoms with Gasteiger partial charge >= 0.3 is 0 Å². The number of fused-ring (bicyclic) bond motifs is 4. The van der Waals surface area contributed by atoms with Crippen molar-refractivity contribution in [2.75, 3.05) is 13.2 Å². The maximum absolute atomic E-state index is 12.8. The highest BCUT2D eigenvalue weighted by Gasteiger charge is 2.29. The highest BCUT2D eigenvalue weighted by Crippen LogP contribution is 2.38. The van der Waals surface area contributed by atoms with E-state index in [9.17, 15) is 4.79 Å². The third-order valence-electron chi connectivity index (χ3n) is 4.92. The van der Waals surface area contributed by atoms with Gasteiger partial charge in [-0.05, 0) is 36.8 Å². The van der Waals surface area contributed by atoms with E-state index in [-0.39, 0.29) is 24.2 Å². The summed E-state index contributed by atoms with van der Waals surface area (Å²) in [7, 11) is 0. The van der Waals surface area contributed by atoms with Crippen LogP contribution in [0, 0.1) is 0 Å². The van der Waals surface area contributed by atoms with Crippen LogP contribution in [0.4, 0.5) is 0 Å². The van der Waals surface area contributed by atoms with Gasteiger partial charge in [0.05, 0.1) is 17.2 Å².